The highest BCUT2D eigenvalue weighted by atomic mass is 19.4. The molecular weight excluding hydrogens is 289 g/mol. The van der Waals surface area contributed by atoms with Crippen molar-refractivity contribution in [1.82, 2.24) is 4.98 Å². The predicted molar refractivity (Wildman–Crippen MR) is 68.9 cm³/mol. The summed E-state index contributed by atoms with van der Waals surface area (Å²) in [6.45, 7) is 1.59. The summed E-state index contributed by atoms with van der Waals surface area (Å²) in [6.07, 6.45) is -2.44. The van der Waals surface area contributed by atoms with E-state index in [1.807, 2.05) is 0 Å². The number of carboxylic acid groups (broad SMARTS) is 1. The van der Waals surface area contributed by atoms with Crippen LogP contribution in [0.2, 0.25) is 0 Å². The van der Waals surface area contributed by atoms with Crippen LogP contribution in [0.25, 0.3) is 6.08 Å². The zero-order valence-corrected chi connectivity index (χ0v) is 10.9. The third kappa shape index (κ3) is 3.94. The van der Waals surface area contributed by atoms with E-state index in [1.165, 1.54) is 12.1 Å². The molecule has 1 aromatic rings. The van der Waals surface area contributed by atoms with Gasteiger partial charge in [-0.1, -0.05) is 0 Å². The summed E-state index contributed by atoms with van der Waals surface area (Å²) < 4.78 is 43.4. The van der Waals surface area contributed by atoms with Gasteiger partial charge in [0.25, 0.3) is 0 Å². The highest BCUT2D eigenvalue weighted by Gasteiger charge is 2.33. The topological polar surface area (TPSA) is 62.7 Å². The Morgan fingerprint density at radius 1 is 1.33 bits per heavy atom. The molecule has 0 amide bonds. The Labute approximate surface area is 118 Å². The van der Waals surface area contributed by atoms with Crippen molar-refractivity contribution in [3.63, 3.8) is 0 Å². The van der Waals surface area contributed by atoms with E-state index in [4.69, 9.17) is 9.84 Å². The van der Waals surface area contributed by atoms with Crippen LogP contribution in [-0.2, 0) is 15.7 Å². The van der Waals surface area contributed by atoms with Crippen molar-refractivity contribution < 1.29 is 27.8 Å². The van der Waals surface area contributed by atoms with Gasteiger partial charge in [-0.15, -0.1) is 0 Å². The van der Waals surface area contributed by atoms with E-state index in [-0.39, 0.29) is 5.82 Å². The molecule has 1 N–H and O–H groups in total. The standard InChI is InChI=1S/C13H13F3N2O3/c14-13(15,16)10-3-1-9(2-4-11(19)20)12(17-10)18-5-7-21-8-6-18/h1-4H,5-8H2,(H,19,20). The molecule has 0 spiro atoms. The van der Waals surface area contributed by atoms with Gasteiger partial charge in [-0.2, -0.15) is 13.2 Å². The van der Waals surface area contributed by atoms with Crippen LogP contribution in [0, 0.1) is 0 Å². The van der Waals surface area contributed by atoms with Gasteiger partial charge >= 0.3 is 12.1 Å². The summed E-state index contributed by atoms with van der Waals surface area (Å²) in [4.78, 5) is 15.9. The molecule has 0 atom stereocenters. The minimum absolute atomic E-state index is 0.116. The first-order valence-corrected chi connectivity index (χ1v) is 6.20. The lowest BCUT2D eigenvalue weighted by Crippen LogP contribution is -2.37. The lowest BCUT2D eigenvalue weighted by molar-refractivity contribution is -0.141. The van der Waals surface area contributed by atoms with Crippen LogP contribution in [0.15, 0.2) is 18.2 Å². The van der Waals surface area contributed by atoms with Crippen LogP contribution in [0.4, 0.5) is 19.0 Å². The molecule has 0 aliphatic carbocycles. The van der Waals surface area contributed by atoms with Gasteiger partial charge in [0, 0.05) is 24.7 Å². The maximum Gasteiger partial charge on any atom is 0.433 e. The van der Waals surface area contributed by atoms with Gasteiger partial charge < -0.3 is 14.7 Å². The number of rotatable bonds is 3. The summed E-state index contributed by atoms with van der Waals surface area (Å²) in [5, 5.41) is 8.64. The summed E-state index contributed by atoms with van der Waals surface area (Å²) in [7, 11) is 0. The Morgan fingerprint density at radius 3 is 2.57 bits per heavy atom. The van der Waals surface area contributed by atoms with E-state index < -0.39 is 17.8 Å². The molecule has 0 saturated carbocycles. The lowest BCUT2D eigenvalue weighted by Gasteiger charge is -2.29. The molecule has 114 valence electrons. The van der Waals surface area contributed by atoms with Gasteiger partial charge in [0.15, 0.2) is 0 Å². The third-order valence-corrected chi connectivity index (χ3v) is 2.91. The molecule has 0 bridgehead atoms. The number of morpholine rings is 1. The fourth-order valence-corrected chi connectivity index (χ4v) is 1.94. The average Bonchev–Trinajstić information content (AvgIpc) is 2.45. The Kier molecular flexibility index (Phi) is 4.46. The van der Waals surface area contributed by atoms with Crippen LogP contribution >= 0.6 is 0 Å². The van der Waals surface area contributed by atoms with Crippen LogP contribution in [0.3, 0.4) is 0 Å². The molecule has 0 unspecified atom stereocenters. The summed E-state index contributed by atoms with van der Waals surface area (Å²) in [5.74, 6) is -1.06. The van der Waals surface area contributed by atoms with Gasteiger partial charge in [0.05, 0.1) is 13.2 Å². The fourth-order valence-electron chi connectivity index (χ4n) is 1.94. The van der Waals surface area contributed by atoms with Crippen LogP contribution in [0.1, 0.15) is 11.3 Å². The predicted octanol–water partition coefficient (Wildman–Crippen LogP) is 2.03. The summed E-state index contributed by atoms with van der Waals surface area (Å²) in [6, 6.07) is 2.06. The van der Waals surface area contributed by atoms with Crippen LogP contribution in [0.5, 0.6) is 0 Å². The Balaban J connectivity index is 2.41. The third-order valence-electron chi connectivity index (χ3n) is 2.91. The molecule has 21 heavy (non-hydrogen) atoms. The molecule has 8 heteroatoms. The molecule has 0 aromatic carbocycles. The molecule has 1 aliphatic rings. The zero-order valence-electron chi connectivity index (χ0n) is 10.9. The maximum atomic E-state index is 12.8. The van der Waals surface area contributed by atoms with E-state index in [9.17, 15) is 18.0 Å². The molecule has 1 aliphatic heterocycles. The number of anilines is 1. The van der Waals surface area contributed by atoms with Gasteiger partial charge in [-0.25, -0.2) is 9.78 Å². The highest BCUT2D eigenvalue weighted by Crippen LogP contribution is 2.31. The quantitative estimate of drug-likeness (QED) is 0.866. The van der Waals surface area contributed by atoms with E-state index >= 15 is 0 Å². The van der Waals surface area contributed by atoms with E-state index in [2.05, 4.69) is 4.98 Å². The number of alkyl halides is 3. The Bertz CT molecular complexity index is 552. The van der Waals surface area contributed by atoms with Gasteiger partial charge in [0.1, 0.15) is 11.5 Å². The van der Waals surface area contributed by atoms with Gasteiger partial charge in [-0.05, 0) is 18.2 Å². The van der Waals surface area contributed by atoms with Crippen molar-refractivity contribution in [2.75, 3.05) is 31.2 Å². The first kappa shape index (κ1) is 15.3. The van der Waals surface area contributed by atoms with Gasteiger partial charge in [0.2, 0.25) is 0 Å². The van der Waals surface area contributed by atoms with Crippen molar-refractivity contribution in [2.24, 2.45) is 0 Å². The first-order valence-electron chi connectivity index (χ1n) is 6.20. The second kappa shape index (κ2) is 6.13. The molecule has 2 heterocycles. The van der Waals surface area contributed by atoms with Crippen molar-refractivity contribution in [3.8, 4) is 0 Å². The number of nitrogens with zero attached hydrogens (tertiary/aromatic N) is 2. The van der Waals surface area contributed by atoms with Crippen molar-refractivity contribution >= 4 is 17.9 Å². The fraction of sp³-hybridized carbons (Fsp3) is 0.385. The summed E-state index contributed by atoms with van der Waals surface area (Å²) in [5.41, 5.74) is -0.677. The minimum Gasteiger partial charge on any atom is -0.478 e. The number of aliphatic carboxylic acids is 1. The van der Waals surface area contributed by atoms with E-state index in [1.54, 1.807) is 4.90 Å². The van der Waals surface area contributed by atoms with E-state index in [0.29, 0.717) is 31.9 Å². The van der Waals surface area contributed by atoms with Crippen LogP contribution in [-0.4, -0.2) is 42.4 Å². The van der Waals surface area contributed by atoms with Crippen molar-refractivity contribution in [1.29, 1.82) is 0 Å². The number of carboxylic acids is 1. The molecular formula is C13H13F3N2O3. The number of pyridine rings is 1. The minimum atomic E-state index is -4.55. The first-order chi connectivity index (χ1) is 9.88. The number of aromatic nitrogens is 1. The SMILES string of the molecule is O=C(O)C=Cc1ccc(C(F)(F)F)nc1N1CCOCC1. The Morgan fingerprint density at radius 2 is 2.00 bits per heavy atom. The number of carbonyl (C=O) groups is 1. The lowest BCUT2D eigenvalue weighted by atomic mass is 10.2. The Hall–Kier alpha value is -2.09. The monoisotopic (exact) mass is 302 g/mol. The second-order valence-corrected chi connectivity index (χ2v) is 4.38. The summed E-state index contributed by atoms with van der Waals surface area (Å²) >= 11 is 0. The average molecular weight is 302 g/mol. The normalized spacial score (nSPS) is 16.4. The molecule has 1 saturated heterocycles. The smallest absolute Gasteiger partial charge is 0.433 e. The second-order valence-electron chi connectivity index (χ2n) is 4.38. The van der Waals surface area contributed by atoms with Gasteiger partial charge in [-0.3, -0.25) is 0 Å². The molecule has 1 aromatic heterocycles. The van der Waals surface area contributed by atoms with Crippen LogP contribution < -0.4 is 4.90 Å². The molecule has 2 rings (SSSR count). The number of hydrogen-bond donors (Lipinski definition) is 1. The zero-order chi connectivity index (χ0) is 15.5. The number of halogens is 3. The highest BCUT2D eigenvalue weighted by molar-refractivity contribution is 5.86. The molecule has 0 radical (unpaired) electrons. The molecule has 1 fully saturated rings. The van der Waals surface area contributed by atoms with E-state index in [0.717, 1.165) is 12.1 Å². The maximum absolute atomic E-state index is 12.8. The largest absolute Gasteiger partial charge is 0.478 e. The number of hydrogen-bond acceptors (Lipinski definition) is 4. The number of ether oxygens (including phenoxy) is 1. The van der Waals surface area contributed by atoms with Crippen molar-refractivity contribution in [3.05, 3.63) is 29.5 Å². The van der Waals surface area contributed by atoms with Crippen molar-refractivity contribution in [2.45, 2.75) is 6.18 Å². The molecule has 5 nitrogen and oxygen atoms in total.